The minimum absolute atomic E-state index is 0.0274. The molecule has 1 saturated heterocycles. The van der Waals surface area contributed by atoms with Gasteiger partial charge in [-0.3, -0.25) is 9.59 Å². The molecule has 14 heteroatoms. The maximum atomic E-state index is 13.1. The van der Waals surface area contributed by atoms with E-state index in [0.29, 0.717) is 6.54 Å². The standard InChI is InChI=1S/C20H29F3N6O5/c1-12-8-28(16(31)11-33-12)9-13(24-18(32)34-19(2,3)4)7-15(30)27-5-6-29-14(10-27)25-26-17(29)20(21,22)23/h12-13H,5-11H2,1-4H3,(H,24,32)/t12-,13+/m1/s1. The molecule has 0 aromatic carbocycles. The van der Waals surface area contributed by atoms with Crippen LogP contribution in [0.5, 0.6) is 0 Å². The van der Waals surface area contributed by atoms with E-state index in [4.69, 9.17) is 9.47 Å². The van der Waals surface area contributed by atoms with Crippen LogP contribution in [0.4, 0.5) is 18.0 Å². The van der Waals surface area contributed by atoms with Crippen LogP contribution in [0.2, 0.25) is 0 Å². The van der Waals surface area contributed by atoms with Crippen molar-refractivity contribution in [1.82, 2.24) is 29.9 Å². The van der Waals surface area contributed by atoms with Crippen molar-refractivity contribution in [2.75, 3.05) is 26.2 Å². The van der Waals surface area contributed by atoms with Crippen LogP contribution in [0.15, 0.2) is 0 Å². The van der Waals surface area contributed by atoms with Crippen molar-refractivity contribution in [3.63, 3.8) is 0 Å². The Labute approximate surface area is 194 Å². The van der Waals surface area contributed by atoms with Gasteiger partial charge in [-0.05, 0) is 27.7 Å². The fourth-order valence-electron chi connectivity index (χ4n) is 3.77. The highest BCUT2D eigenvalue weighted by atomic mass is 19.4. The van der Waals surface area contributed by atoms with Crippen LogP contribution in [0.1, 0.15) is 45.8 Å². The number of carbonyl (C=O) groups is 3. The first-order valence-corrected chi connectivity index (χ1v) is 10.9. The lowest BCUT2D eigenvalue weighted by molar-refractivity contribution is -0.149. The molecule has 3 rings (SSSR count). The van der Waals surface area contributed by atoms with E-state index in [9.17, 15) is 27.6 Å². The van der Waals surface area contributed by atoms with Crippen molar-refractivity contribution < 1.29 is 37.0 Å². The summed E-state index contributed by atoms with van der Waals surface area (Å²) in [5.41, 5.74) is -0.769. The molecule has 3 amide bonds. The van der Waals surface area contributed by atoms with E-state index < -0.39 is 35.6 Å². The van der Waals surface area contributed by atoms with Crippen molar-refractivity contribution >= 4 is 17.9 Å². The molecule has 3 heterocycles. The highest BCUT2D eigenvalue weighted by Crippen LogP contribution is 2.29. The van der Waals surface area contributed by atoms with Gasteiger partial charge in [0.1, 0.15) is 12.2 Å². The van der Waals surface area contributed by atoms with Gasteiger partial charge in [-0.15, -0.1) is 10.2 Å². The lowest BCUT2D eigenvalue weighted by Gasteiger charge is -2.35. The molecule has 0 spiro atoms. The predicted octanol–water partition coefficient (Wildman–Crippen LogP) is 1.17. The third-order valence-corrected chi connectivity index (χ3v) is 5.26. The second-order valence-corrected chi connectivity index (χ2v) is 9.37. The first-order valence-electron chi connectivity index (χ1n) is 10.9. The number of nitrogens with zero attached hydrogens (tertiary/aromatic N) is 5. The number of nitrogens with one attached hydrogen (secondary N) is 1. The van der Waals surface area contributed by atoms with Crippen LogP contribution in [-0.4, -0.2) is 86.5 Å². The van der Waals surface area contributed by atoms with Gasteiger partial charge in [-0.2, -0.15) is 13.2 Å². The number of fused-ring (bicyclic) bond motifs is 1. The summed E-state index contributed by atoms with van der Waals surface area (Å²) in [6, 6.07) is -0.776. The van der Waals surface area contributed by atoms with Gasteiger partial charge in [0, 0.05) is 32.6 Å². The molecule has 0 saturated carbocycles. The zero-order chi connectivity index (χ0) is 25.3. The molecule has 1 N–H and O–H groups in total. The number of hydrogen-bond acceptors (Lipinski definition) is 7. The average Bonchev–Trinajstić information content (AvgIpc) is 3.12. The number of hydrogen-bond donors (Lipinski definition) is 1. The van der Waals surface area contributed by atoms with Crippen molar-refractivity contribution in [2.24, 2.45) is 0 Å². The van der Waals surface area contributed by atoms with E-state index in [1.807, 2.05) is 0 Å². The van der Waals surface area contributed by atoms with Crippen LogP contribution < -0.4 is 5.32 Å². The zero-order valence-corrected chi connectivity index (χ0v) is 19.5. The third kappa shape index (κ3) is 6.58. The minimum Gasteiger partial charge on any atom is -0.444 e. The molecule has 0 unspecified atom stereocenters. The summed E-state index contributed by atoms with van der Waals surface area (Å²) in [7, 11) is 0. The summed E-state index contributed by atoms with van der Waals surface area (Å²) in [4.78, 5) is 40.5. The number of carbonyl (C=O) groups excluding carboxylic acids is 3. The Balaban J connectivity index is 1.69. The van der Waals surface area contributed by atoms with E-state index in [-0.39, 0.29) is 57.0 Å². The predicted molar refractivity (Wildman–Crippen MR) is 110 cm³/mol. The Hall–Kier alpha value is -2.90. The summed E-state index contributed by atoms with van der Waals surface area (Å²) in [5.74, 6) is -1.75. The molecule has 1 aromatic rings. The minimum atomic E-state index is -4.64. The average molecular weight is 490 g/mol. The fraction of sp³-hybridized carbons (Fsp3) is 0.750. The van der Waals surface area contributed by atoms with Crippen molar-refractivity contribution in [2.45, 2.75) is 71.1 Å². The van der Waals surface area contributed by atoms with Crippen LogP contribution in [-0.2, 0) is 38.3 Å². The van der Waals surface area contributed by atoms with Gasteiger partial charge in [0.05, 0.1) is 18.7 Å². The number of halogens is 3. The smallest absolute Gasteiger partial charge is 0.444 e. The maximum Gasteiger partial charge on any atom is 0.451 e. The van der Waals surface area contributed by atoms with Gasteiger partial charge in [-0.25, -0.2) is 4.79 Å². The van der Waals surface area contributed by atoms with E-state index >= 15 is 0 Å². The normalized spacial score (nSPS) is 20.1. The summed E-state index contributed by atoms with van der Waals surface area (Å²) < 4.78 is 50.7. The zero-order valence-electron chi connectivity index (χ0n) is 19.5. The Bertz CT molecular complexity index is 929. The van der Waals surface area contributed by atoms with E-state index in [0.717, 1.165) is 4.57 Å². The number of aromatic nitrogens is 3. The Morgan fingerprint density at radius 2 is 1.94 bits per heavy atom. The van der Waals surface area contributed by atoms with Gasteiger partial charge >= 0.3 is 12.3 Å². The summed E-state index contributed by atoms with van der Waals surface area (Å²) in [6.07, 6.45) is -5.76. The lowest BCUT2D eigenvalue weighted by Crippen LogP contribution is -2.53. The van der Waals surface area contributed by atoms with E-state index in [1.54, 1.807) is 27.7 Å². The van der Waals surface area contributed by atoms with Crippen molar-refractivity contribution in [1.29, 1.82) is 0 Å². The molecule has 34 heavy (non-hydrogen) atoms. The number of ether oxygens (including phenoxy) is 2. The van der Waals surface area contributed by atoms with Crippen LogP contribution in [0.3, 0.4) is 0 Å². The summed E-state index contributed by atoms with van der Waals surface area (Å²) in [6.45, 7) is 6.92. The molecule has 2 aliphatic rings. The topological polar surface area (TPSA) is 119 Å². The van der Waals surface area contributed by atoms with Gasteiger partial charge in [0.15, 0.2) is 5.82 Å². The van der Waals surface area contributed by atoms with Crippen molar-refractivity contribution in [3.8, 4) is 0 Å². The second kappa shape index (κ2) is 9.76. The van der Waals surface area contributed by atoms with E-state index in [2.05, 4.69) is 15.5 Å². The van der Waals surface area contributed by atoms with E-state index in [1.165, 1.54) is 9.80 Å². The molecule has 1 fully saturated rings. The number of rotatable bonds is 5. The number of morpholine rings is 1. The molecular weight excluding hydrogens is 461 g/mol. The van der Waals surface area contributed by atoms with Gasteiger partial charge in [-0.1, -0.05) is 0 Å². The lowest BCUT2D eigenvalue weighted by atomic mass is 10.1. The first-order chi connectivity index (χ1) is 15.7. The second-order valence-electron chi connectivity index (χ2n) is 9.37. The molecule has 0 radical (unpaired) electrons. The van der Waals surface area contributed by atoms with Crippen LogP contribution >= 0.6 is 0 Å². The molecular formula is C20H29F3N6O5. The fourth-order valence-corrected chi connectivity index (χ4v) is 3.77. The highest BCUT2D eigenvalue weighted by molar-refractivity contribution is 5.80. The van der Waals surface area contributed by atoms with Gasteiger partial charge in [0.2, 0.25) is 17.6 Å². The monoisotopic (exact) mass is 490 g/mol. The Morgan fingerprint density at radius 3 is 2.59 bits per heavy atom. The Kier molecular flexibility index (Phi) is 7.38. The number of alkyl halides is 3. The summed E-state index contributed by atoms with van der Waals surface area (Å²) >= 11 is 0. The van der Waals surface area contributed by atoms with Crippen LogP contribution in [0, 0.1) is 0 Å². The van der Waals surface area contributed by atoms with Gasteiger partial charge < -0.3 is 29.2 Å². The van der Waals surface area contributed by atoms with Gasteiger partial charge in [0.25, 0.3) is 0 Å². The molecule has 2 aliphatic heterocycles. The largest absolute Gasteiger partial charge is 0.451 e. The highest BCUT2D eigenvalue weighted by Gasteiger charge is 2.40. The molecule has 2 atom stereocenters. The number of alkyl carbamates (subject to hydrolysis) is 1. The molecule has 0 aliphatic carbocycles. The quantitative estimate of drug-likeness (QED) is 0.658. The number of amides is 3. The summed E-state index contributed by atoms with van der Waals surface area (Å²) in [5, 5.41) is 9.43. The molecule has 11 nitrogen and oxygen atoms in total. The molecule has 190 valence electrons. The SMILES string of the molecule is C[C@@H]1CN(C[C@H](CC(=O)N2CCn3c(nnc3C(F)(F)F)C2)NC(=O)OC(C)(C)C)C(=O)CO1. The molecule has 1 aromatic heterocycles. The Morgan fingerprint density at radius 1 is 1.24 bits per heavy atom. The van der Waals surface area contributed by atoms with Crippen LogP contribution in [0.25, 0.3) is 0 Å². The van der Waals surface area contributed by atoms with Crippen molar-refractivity contribution in [3.05, 3.63) is 11.6 Å². The maximum absolute atomic E-state index is 13.1. The third-order valence-electron chi connectivity index (χ3n) is 5.26. The molecule has 0 bridgehead atoms. The first kappa shape index (κ1) is 25.7.